The van der Waals surface area contributed by atoms with Crippen LogP contribution < -0.4 is 4.90 Å². The van der Waals surface area contributed by atoms with E-state index >= 15 is 4.39 Å². The molecule has 0 fully saturated rings. The molecule has 0 amide bonds. The number of amidine groups is 1. The molecule has 5 rings (SSSR count). The van der Waals surface area contributed by atoms with Crippen LogP contribution in [-0.4, -0.2) is 16.7 Å². The second-order valence-electron chi connectivity index (χ2n) is 9.29. The number of aryl methyl sites for hydroxylation is 1. The third-order valence-corrected chi connectivity index (χ3v) is 7.44. The monoisotopic (exact) mass is 500 g/mol. The number of Topliss-reactive ketones (excluding diaryl/α,β-unsaturated/α-hetero) is 1. The predicted molar refractivity (Wildman–Crippen MR) is 142 cm³/mol. The molecule has 6 heteroatoms. The Bertz CT molecular complexity index is 1460. The number of benzene rings is 3. The number of anilines is 1. The van der Waals surface area contributed by atoms with Gasteiger partial charge in [-0.25, -0.2) is 4.39 Å². The summed E-state index contributed by atoms with van der Waals surface area (Å²) < 4.78 is 15.3. The molecule has 1 aliphatic heterocycles. The zero-order chi connectivity index (χ0) is 25.6. The van der Waals surface area contributed by atoms with Crippen molar-refractivity contribution in [3.63, 3.8) is 0 Å². The topological polar surface area (TPSA) is 64.4 Å². The molecule has 1 heterocycles. The van der Waals surface area contributed by atoms with Crippen LogP contribution in [0.5, 0.6) is 0 Å². The number of aliphatic hydroxyl groups is 1. The van der Waals surface area contributed by atoms with E-state index in [1.807, 2.05) is 32.0 Å². The first-order valence-corrected chi connectivity index (χ1v) is 12.3. The van der Waals surface area contributed by atoms with Crippen molar-refractivity contribution in [2.75, 3.05) is 4.90 Å². The first kappa shape index (κ1) is 24.0. The molecule has 1 aliphatic carbocycles. The Morgan fingerprint density at radius 1 is 1.03 bits per heavy atom. The number of aliphatic hydroxyl groups excluding tert-OH is 1. The first-order chi connectivity index (χ1) is 17.3. The van der Waals surface area contributed by atoms with Crippen molar-refractivity contribution in [2.24, 2.45) is 0 Å². The van der Waals surface area contributed by atoms with Crippen LogP contribution >= 0.6 is 11.6 Å². The summed E-state index contributed by atoms with van der Waals surface area (Å²) in [6.07, 6.45) is 1.52. The molecule has 2 N–H and O–H groups in total. The van der Waals surface area contributed by atoms with Crippen LogP contribution in [0.15, 0.2) is 83.6 Å². The van der Waals surface area contributed by atoms with Crippen molar-refractivity contribution < 1.29 is 14.3 Å². The zero-order valence-electron chi connectivity index (χ0n) is 20.1. The van der Waals surface area contributed by atoms with Crippen molar-refractivity contribution >= 4 is 34.7 Å². The number of halogens is 2. The van der Waals surface area contributed by atoms with Crippen LogP contribution in [0.3, 0.4) is 0 Å². The number of carbonyl (C=O) groups is 1. The maximum absolute atomic E-state index is 15.3. The van der Waals surface area contributed by atoms with Gasteiger partial charge in [0.15, 0.2) is 5.78 Å². The molecule has 0 bridgehead atoms. The largest absolute Gasteiger partial charge is 0.507 e. The fourth-order valence-corrected chi connectivity index (χ4v) is 5.35. The van der Waals surface area contributed by atoms with Gasteiger partial charge in [0.1, 0.15) is 17.4 Å². The smallest absolute Gasteiger partial charge is 0.161 e. The van der Waals surface area contributed by atoms with Crippen LogP contribution in [-0.2, 0) is 4.79 Å². The number of rotatable bonds is 3. The highest BCUT2D eigenvalue weighted by Gasteiger charge is 2.44. The second-order valence-corrected chi connectivity index (χ2v) is 9.70. The third kappa shape index (κ3) is 3.94. The van der Waals surface area contributed by atoms with Gasteiger partial charge in [-0.3, -0.25) is 15.1 Å². The van der Waals surface area contributed by atoms with E-state index in [4.69, 9.17) is 11.6 Å². The molecule has 36 heavy (non-hydrogen) atoms. The van der Waals surface area contributed by atoms with Crippen molar-refractivity contribution in [1.29, 1.82) is 5.41 Å². The van der Waals surface area contributed by atoms with Crippen molar-refractivity contribution in [1.82, 2.24) is 0 Å². The Kier molecular flexibility index (Phi) is 6.27. The van der Waals surface area contributed by atoms with Gasteiger partial charge in [-0.2, -0.15) is 0 Å². The van der Waals surface area contributed by atoms with Crippen LogP contribution in [0.25, 0.3) is 5.76 Å². The van der Waals surface area contributed by atoms with Gasteiger partial charge in [0.2, 0.25) is 0 Å². The highest BCUT2D eigenvalue weighted by atomic mass is 35.5. The van der Waals surface area contributed by atoms with E-state index in [0.717, 1.165) is 11.1 Å². The Hall–Kier alpha value is -3.70. The normalized spacial score (nSPS) is 19.4. The summed E-state index contributed by atoms with van der Waals surface area (Å²) in [7, 11) is 0. The number of hydrogen-bond acceptors (Lipinski definition) is 3. The molecular formula is C30H26ClFN2O2. The van der Waals surface area contributed by atoms with Crippen LogP contribution in [0.2, 0.25) is 5.02 Å². The first-order valence-electron chi connectivity index (χ1n) is 11.9. The lowest BCUT2D eigenvalue weighted by atomic mass is 9.73. The average molecular weight is 501 g/mol. The molecule has 1 unspecified atom stereocenters. The molecule has 3 aromatic rings. The van der Waals surface area contributed by atoms with Gasteiger partial charge in [0.25, 0.3) is 0 Å². The van der Waals surface area contributed by atoms with E-state index in [2.05, 4.69) is 0 Å². The highest BCUT2D eigenvalue weighted by molar-refractivity contribution is 6.32. The van der Waals surface area contributed by atoms with Gasteiger partial charge in [-0.1, -0.05) is 65.7 Å². The number of nitrogens with one attached hydrogen (secondary N) is 1. The number of nitrogens with zero attached hydrogens (tertiary/aromatic N) is 1. The lowest BCUT2D eigenvalue weighted by Crippen LogP contribution is -2.43. The van der Waals surface area contributed by atoms with Gasteiger partial charge in [0.05, 0.1) is 5.69 Å². The fourth-order valence-electron chi connectivity index (χ4n) is 5.18. The zero-order valence-corrected chi connectivity index (χ0v) is 20.9. The lowest BCUT2D eigenvalue weighted by molar-refractivity contribution is -0.116. The van der Waals surface area contributed by atoms with Crippen LogP contribution in [0.1, 0.15) is 47.4 Å². The van der Waals surface area contributed by atoms with E-state index in [1.54, 1.807) is 47.4 Å². The molecule has 3 aromatic carbocycles. The summed E-state index contributed by atoms with van der Waals surface area (Å²) in [5, 5.41) is 21.5. The van der Waals surface area contributed by atoms with Gasteiger partial charge in [-0.15, -0.1) is 0 Å². The van der Waals surface area contributed by atoms with Gasteiger partial charge in [-0.05, 0) is 50.5 Å². The van der Waals surface area contributed by atoms with E-state index < -0.39 is 11.7 Å². The van der Waals surface area contributed by atoms with Crippen molar-refractivity contribution in [3.05, 3.63) is 117 Å². The Morgan fingerprint density at radius 3 is 2.47 bits per heavy atom. The molecule has 0 spiro atoms. The molecule has 0 saturated carbocycles. The maximum atomic E-state index is 15.3. The van der Waals surface area contributed by atoms with Gasteiger partial charge >= 0.3 is 0 Å². The summed E-state index contributed by atoms with van der Waals surface area (Å²) in [6, 6.07) is 19.0. The van der Waals surface area contributed by atoms with Gasteiger partial charge in [0, 0.05) is 45.3 Å². The molecule has 0 radical (unpaired) electrons. The van der Waals surface area contributed by atoms with Crippen LogP contribution in [0.4, 0.5) is 10.1 Å². The van der Waals surface area contributed by atoms with E-state index in [1.165, 1.54) is 6.07 Å². The van der Waals surface area contributed by atoms with E-state index in [9.17, 15) is 15.3 Å². The molecule has 0 aromatic heterocycles. The summed E-state index contributed by atoms with van der Waals surface area (Å²) in [5.41, 5.74) is 4.48. The molecule has 1 atom stereocenters. The minimum Gasteiger partial charge on any atom is -0.507 e. The van der Waals surface area contributed by atoms with Crippen LogP contribution in [0, 0.1) is 25.1 Å². The predicted octanol–water partition coefficient (Wildman–Crippen LogP) is 7.65. The van der Waals surface area contributed by atoms with Gasteiger partial charge < -0.3 is 5.11 Å². The second kappa shape index (κ2) is 9.40. The van der Waals surface area contributed by atoms with Crippen molar-refractivity contribution in [2.45, 2.75) is 39.0 Å². The molecule has 2 aliphatic rings. The lowest BCUT2D eigenvalue weighted by Gasteiger charge is -2.42. The minimum atomic E-state index is -0.904. The summed E-state index contributed by atoms with van der Waals surface area (Å²) in [4.78, 5) is 15.2. The molecule has 0 saturated heterocycles. The van der Waals surface area contributed by atoms with E-state index in [-0.39, 0.29) is 28.5 Å². The number of allylic oxidation sites excluding steroid dienone is 2. The Morgan fingerprint density at radius 2 is 1.75 bits per heavy atom. The molecule has 4 nitrogen and oxygen atoms in total. The summed E-state index contributed by atoms with van der Waals surface area (Å²) in [5.74, 6) is -1.64. The Labute approximate surface area is 214 Å². The quantitative estimate of drug-likeness (QED) is 0.363. The molecular weight excluding hydrogens is 475 g/mol. The Balaban J connectivity index is 1.87. The molecule has 182 valence electrons. The third-order valence-electron chi connectivity index (χ3n) is 7.03. The van der Waals surface area contributed by atoms with E-state index in [0.29, 0.717) is 46.8 Å². The number of hydrogen-bond donors (Lipinski definition) is 2. The average Bonchev–Trinajstić information content (AvgIpc) is 2.86. The maximum Gasteiger partial charge on any atom is 0.161 e. The SMILES string of the molecule is Cc1ccc(/C(O)=C2\C(=N)N(c3cccc(Cl)c3C)C3=C(C(=O)CCC3)C2c2ccccc2F)cc1. The number of ketones is 1. The summed E-state index contributed by atoms with van der Waals surface area (Å²) >= 11 is 6.45. The standard InChI is InChI=1S/C30H26ClFN2O2/c1-17-13-15-19(16-14-17)29(36)28-26(20-7-3-4-9-22(20)32)27-24(11-6-12-25(27)35)34(30(28)33)23-10-5-8-21(31)18(23)2/h3-5,7-10,13-16,26,33,36H,6,11-12H2,1-2H3/b29-28+,33-30?. The number of carbonyl (C=O) groups excluding carboxylic acids is 1. The highest BCUT2D eigenvalue weighted by Crippen LogP contribution is 2.49. The van der Waals surface area contributed by atoms with Crippen molar-refractivity contribution in [3.8, 4) is 0 Å². The minimum absolute atomic E-state index is 0.000134. The fraction of sp³-hybridized carbons (Fsp3) is 0.200. The summed E-state index contributed by atoms with van der Waals surface area (Å²) in [6.45, 7) is 3.81.